The highest BCUT2D eigenvalue weighted by molar-refractivity contribution is 7.91. The summed E-state index contributed by atoms with van der Waals surface area (Å²) in [5.41, 5.74) is 5.05. The molecule has 1 N–H and O–H groups in total. The molecule has 0 bridgehead atoms. The number of ether oxygens (including phenoxy) is 1. The third kappa shape index (κ3) is 7.02. The maximum Gasteiger partial charge on any atom is 0.261 e. The third-order valence-electron chi connectivity index (χ3n) is 6.22. The fourth-order valence-corrected chi connectivity index (χ4v) is 6.27. The molecule has 0 aromatic heterocycles. The summed E-state index contributed by atoms with van der Waals surface area (Å²) >= 11 is 0. The normalized spacial score (nSPS) is 18.8. The fraction of sp³-hybridized carbons (Fsp3) is 0.500. The van der Waals surface area contributed by atoms with Crippen LogP contribution >= 0.6 is 0 Å². The first-order chi connectivity index (χ1) is 15.5. The number of aryl methyl sites for hydroxylation is 1. The Balaban J connectivity index is 0.000000555. The summed E-state index contributed by atoms with van der Waals surface area (Å²) in [6.07, 6.45) is 5.86. The van der Waals surface area contributed by atoms with Gasteiger partial charge in [-0.05, 0) is 79.5 Å². The number of likely N-dealkylation sites (N-methyl/N-ethyl adjacent to an activating group) is 1. The molecule has 0 saturated heterocycles. The monoisotopic (exact) mass is 495 g/mol. The zero-order chi connectivity index (χ0) is 24.2. The molecule has 182 valence electrons. The number of methoxy groups -OCH3 is 1. The fourth-order valence-electron chi connectivity index (χ4n) is 4.72. The minimum Gasteiger partial charge on any atom is -0.496 e. The second-order valence-corrected chi connectivity index (χ2v) is 12.4. The van der Waals surface area contributed by atoms with E-state index < -0.39 is 20.0 Å². The number of hydrogen-bond acceptors (Lipinski definition) is 6. The van der Waals surface area contributed by atoms with Crippen molar-refractivity contribution in [1.82, 2.24) is 4.90 Å². The number of nitrogens with zero attached hydrogens (tertiary/aromatic N) is 1. The van der Waals surface area contributed by atoms with Gasteiger partial charge >= 0.3 is 0 Å². The van der Waals surface area contributed by atoms with Gasteiger partial charge in [0.1, 0.15) is 5.75 Å². The lowest BCUT2D eigenvalue weighted by Gasteiger charge is -2.30. The highest BCUT2D eigenvalue weighted by atomic mass is 32.2. The molecule has 0 fully saturated rings. The van der Waals surface area contributed by atoms with Crippen molar-refractivity contribution >= 4 is 20.0 Å². The van der Waals surface area contributed by atoms with Crippen molar-refractivity contribution in [1.29, 1.82) is 0 Å². The summed E-state index contributed by atoms with van der Waals surface area (Å²) in [5.74, 6) is 1.84. The van der Waals surface area contributed by atoms with E-state index in [9.17, 15) is 16.8 Å². The standard InChI is InChI=1S/C23H29NO3S.CH4O3S/c1-24(13-11-17-9-10-23-18(15-17)12-14-28(23,25)26)16-19-5-3-7-21-20(19)6-4-8-22(21)27-2;1-5(2,3)4/h4,6,8-10,15,19H,3,5,7,11-14,16H2,1-2H3;1H3,(H,2,3,4). The van der Waals surface area contributed by atoms with Crippen molar-refractivity contribution < 1.29 is 26.1 Å². The van der Waals surface area contributed by atoms with Gasteiger partial charge in [0.05, 0.1) is 24.0 Å². The van der Waals surface area contributed by atoms with E-state index in [-0.39, 0.29) is 5.75 Å². The first-order valence-corrected chi connectivity index (χ1v) is 14.6. The third-order valence-corrected chi connectivity index (χ3v) is 8.03. The number of rotatable bonds is 6. The highest BCUT2D eigenvalue weighted by Crippen LogP contribution is 2.37. The Hall–Kier alpha value is -1.94. The lowest BCUT2D eigenvalue weighted by Crippen LogP contribution is -2.28. The molecule has 1 unspecified atom stereocenters. The second-order valence-electron chi connectivity index (χ2n) is 8.87. The molecule has 2 aromatic rings. The van der Waals surface area contributed by atoms with Gasteiger partial charge in [0.15, 0.2) is 9.84 Å². The van der Waals surface area contributed by atoms with E-state index in [0.29, 0.717) is 23.5 Å². The van der Waals surface area contributed by atoms with E-state index in [1.807, 2.05) is 6.07 Å². The van der Waals surface area contributed by atoms with Crippen LogP contribution in [0, 0.1) is 0 Å². The van der Waals surface area contributed by atoms with Gasteiger partial charge in [-0.3, -0.25) is 4.55 Å². The summed E-state index contributed by atoms with van der Waals surface area (Å²) in [6, 6.07) is 12.3. The molecule has 1 heterocycles. The van der Waals surface area contributed by atoms with Crippen molar-refractivity contribution in [3.05, 3.63) is 58.7 Å². The SMILES string of the molecule is COc1cccc2c1CCCC2CN(C)CCc1ccc2c(c1)CCS2(=O)=O.CS(=O)(=O)O. The van der Waals surface area contributed by atoms with Crippen LogP contribution in [-0.2, 0) is 39.2 Å². The van der Waals surface area contributed by atoms with Crippen LogP contribution in [0.3, 0.4) is 0 Å². The molecule has 1 aliphatic heterocycles. The van der Waals surface area contributed by atoms with E-state index in [1.54, 1.807) is 13.2 Å². The van der Waals surface area contributed by atoms with Gasteiger partial charge in [0.2, 0.25) is 0 Å². The Kier molecular flexibility index (Phi) is 8.21. The molecular formula is C24H33NO6S2. The first-order valence-electron chi connectivity index (χ1n) is 11.1. The Morgan fingerprint density at radius 2 is 1.91 bits per heavy atom. The van der Waals surface area contributed by atoms with Gasteiger partial charge in [-0.25, -0.2) is 8.42 Å². The second kappa shape index (κ2) is 10.5. The van der Waals surface area contributed by atoms with Gasteiger partial charge in [0, 0.05) is 13.1 Å². The van der Waals surface area contributed by atoms with E-state index in [2.05, 4.69) is 36.2 Å². The number of benzene rings is 2. The van der Waals surface area contributed by atoms with E-state index >= 15 is 0 Å². The number of hydrogen-bond donors (Lipinski definition) is 1. The molecule has 0 radical (unpaired) electrons. The number of fused-ring (bicyclic) bond motifs is 2. The maximum atomic E-state index is 12.0. The average molecular weight is 496 g/mol. The van der Waals surface area contributed by atoms with Crippen molar-refractivity contribution in [2.75, 3.05) is 39.3 Å². The molecule has 1 aliphatic carbocycles. The number of sulfone groups is 1. The van der Waals surface area contributed by atoms with Crippen LogP contribution in [0.1, 0.15) is 41.0 Å². The topological polar surface area (TPSA) is 101 Å². The Morgan fingerprint density at radius 3 is 2.61 bits per heavy atom. The lowest BCUT2D eigenvalue weighted by molar-refractivity contribution is 0.299. The molecule has 2 aliphatic rings. The van der Waals surface area contributed by atoms with Crippen LogP contribution in [0.25, 0.3) is 0 Å². The van der Waals surface area contributed by atoms with Gasteiger partial charge in [-0.1, -0.05) is 24.3 Å². The van der Waals surface area contributed by atoms with Crippen molar-refractivity contribution in [2.45, 2.75) is 42.9 Å². The average Bonchev–Trinajstić information content (AvgIpc) is 3.05. The Labute approximate surface area is 197 Å². The molecular weight excluding hydrogens is 462 g/mol. The molecule has 7 nitrogen and oxygen atoms in total. The van der Waals surface area contributed by atoms with Crippen molar-refractivity contribution in [3.8, 4) is 5.75 Å². The minimum absolute atomic E-state index is 0.260. The summed E-state index contributed by atoms with van der Waals surface area (Å²) < 4.78 is 55.4. The van der Waals surface area contributed by atoms with Crippen LogP contribution in [0.2, 0.25) is 0 Å². The summed E-state index contributed by atoms with van der Waals surface area (Å²) in [6.45, 7) is 2.01. The molecule has 0 amide bonds. The minimum atomic E-state index is -3.67. The van der Waals surface area contributed by atoms with Crippen molar-refractivity contribution in [2.24, 2.45) is 0 Å². The van der Waals surface area contributed by atoms with Crippen LogP contribution in [-0.4, -0.2) is 65.5 Å². The zero-order valence-electron chi connectivity index (χ0n) is 19.5. The zero-order valence-corrected chi connectivity index (χ0v) is 21.1. The van der Waals surface area contributed by atoms with Crippen molar-refractivity contribution in [3.63, 3.8) is 0 Å². The van der Waals surface area contributed by atoms with Crippen LogP contribution in [0.5, 0.6) is 5.75 Å². The first kappa shape index (κ1) is 25.7. The quantitative estimate of drug-likeness (QED) is 0.615. The molecule has 1 atom stereocenters. The highest BCUT2D eigenvalue weighted by Gasteiger charge is 2.26. The Bertz CT molecular complexity index is 1180. The van der Waals surface area contributed by atoms with E-state index in [4.69, 9.17) is 9.29 Å². The van der Waals surface area contributed by atoms with Gasteiger partial charge in [0.25, 0.3) is 10.1 Å². The molecule has 9 heteroatoms. The van der Waals surface area contributed by atoms with Gasteiger partial charge < -0.3 is 9.64 Å². The largest absolute Gasteiger partial charge is 0.496 e. The summed E-state index contributed by atoms with van der Waals surface area (Å²) in [7, 11) is -2.75. The van der Waals surface area contributed by atoms with Crippen LogP contribution in [0.15, 0.2) is 41.3 Å². The molecule has 4 rings (SSSR count). The van der Waals surface area contributed by atoms with E-state index in [1.165, 1.54) is 29.5 Å². The van der Waals surface area contributed by atoms with Gasteiger partial charge in [-0.2, -0.15) is 8.42 Å². The van der Waals surface area contributed by atoms with Gasteiger partial charge in [-0.15, -0.1) is 0 Å². The molecule has 0 spiro atoms. The molecule has 0 saturated carbocycles. The Morgan fingerprint density at radius 1 is 1.18 bits per heavy atom. The van der Waals surface area contributed by atoms with E-state index in [0.717, 1.165) is 37.2 Å². The maximum absolute atomic E-state index is 12.0. The molecule has 33 heavy (non-hydrogen) atoms. The molecule has 2 aromatic carbocycles. The van der Waals surface area contributed by atoms with Crippen LogP contribution < -0.4 is 4.74 Å². The predicted molar refractivity (Wildman–Crippen MR) is 130 cm³/mol. The smallest absolute Gasteiger partial charge is 0.261 e. The summed E-state index contributed by atoms with van der Waals surface area (Å²) in [4.78, 5) is 2.95. The predicted octanol–water partition coefficient (Wildman–Crippen LogP) is 3.12. The lowest BCUT2D eigenvalue weighted by atomic mass is 9.82. The van der Waals surface area contributed by atoms with Crippen LogP contribution in [0.4, 0.5) is 0 Å². The summed E-state index contributed by atoms with van der Waals surface area (Å²) in [5, 5.41) is 0.